The van der Waals surface area contributed by atoms with Crippen LogP contribution in [0.15, 0.2) is 0 Å². The number of hydrogen-bond acceptors (Lipinski definition) is 4. The van der Waals surface area contributed by atoms with Crippen LogP contribution in [0.5, 0.6) is 0 Å². The zero-order valence-corrected chi connectivity index (χ0v) is 5.77. The summed E-state index contributed by atoms with van der Waals surface area (Å²) in [6, 6.07) is 0. The minimum Gasteiger partial charge on any atom is -0.457 e. The van der Waals surface area contributed by atoms with E-state index in [1.165, 1.54) is 0 Å². The van der Waals surface area contributed by atoms with Crippen molar-refractivity contribution < 1.29 is 14.3 Å². The van der Waals surface area contributed by atoms with Crippen molar-refractivity contribution in [3.63, 3.8) is 0 Å². The molecular weight excluding hydrogens is 140 g/mol. The van der Waals surface area contributed by atoms with E-state index >= 15 is 0 Å². The number of carbonyl (C=O) groups is 1. The van der Waals surface area contributed by atoms with Gasteiger partial charge in [0.25, 0.3) is 0 Å². The van der Waals surface area contributed by atoms with Crippen LogP contribution in [-0.4, -0.2) is 31.0 Å². The van der Waals surface area contributed by atoms with Crippen LogP contribution in [0, 0.1) is 0 Å². The normalized spacial score (nSPS) is 18.8. The third kappa shape index (κ3) is 1.87. The topological polar surface area (TPSA) is 35.5 Å². The standard InChI is InChI=1S/C5H8O3S/c6-5(3-9)8-4-1-7-2-4/h4,9H,1-3H2. The van der Waals surface area contributed by atoms with Gasteiger partial charge in [-0.2, -0.15) is 12.6 Å². The van der Waals surface area contributed by atoms with Crippen LogP contribution in [0.4, 0.5) is 0 Å². The van der Waals surface area contributed by atoms with Gasteiger partial charge in [-0.25, -0.2) is 0 Å². The predicted octanol–water partition coefficient (Wildman–Crippen LogP) is -0.142. The summed E-state index contributed by atoms with van der Waals surface area (Å²) in [4.78, 5) is 10.5. The molecule has 3 nitrogen and oxygen atoms in total. The van der Waals surface area contributed by atoms with Gasteiger partial charge in [0.2, 0.25) is 0 Å². The van der Waals surface area contributed by atoms with Crippen molar-refractivity contribution >= 4 is 18.6 Å². The van der Waals surface area contributed by atoms with Crippen molar-refractivity contribution in [2.24, 2.45) is 0 Å². The van der Waals surface area contributed by atoms with Gasteiger partial charge >= 0.3 is 5.97 Å². The fraction of sp³-hybridized carbons (Fsp3) is 0.800. The largest absolute Gasteiger partial charge is 0.457 e. The molecule has 0 aromatic carbocycles. The van der Waals surface area contributed by atoms with Crippen LogP contribution < -0.4 is 0 Å². The van der Waals surface area contributed by atoms with Crippen molar-refractivity contribution in [1.82, 2.24) is 0 Å². The van der Waals surface area contributed by atoms with Gasteiger partial charge in [-0.1, -0.05) is 0 Å². The lowest BCUT2D eigenvalue weighted by atomic mass is 10.3. The minimum absolute atomic E-state index is 0.00958. The Bertz CT molecular complexity index is 111. The fourth-order valence-electron chi connectivity index (χ4n) is 0.505. The molecule has 0 saturated carbocycles. The molecule has 0 N–H and O–H groups in total. The first-order valence-corrected chi connectivity index (χ1v) is 3.34. The van der Waals surface area contributed by atoms with Crippen LogP contribution in [0.25, 0.3) is 0 Å². The van der Waals surface area contributed by atoms with Gasteiger partial charge in [-0.3, -0.25) is 4.79 Å². The maximum absolute atomic E-state index is 10.5. The first-order valence-electron chi connectivity index (χ1n) is 2.71. The molecule has 0 spiro atoms. The van der Waals surface area contributed by atoms with Crippen molar-refractivity contribution in [3.8, 4) is 0 Å². The van der Waals surface area contributed by atoms with Crippen molar-refractivity contribution in [1.29, 1.82) is 0 Å². The number of hydrogen-bond donors (Lipinski definition) is 1. The summed E-state index contributed by atoms with van der Waals surface area (Å²) in [5, 5.41) is 0. The molecule has 52 valence electrons. The highest BCUT2D eigenvalue weighted by atomic mass is 32.1. The Morgan fingerprint density at radius 3 is 2.78 bits per heavy atom. The monoisotopic (exact) mass is 148 g/mol. The minimum atomic E-state index is -0.272. The van der Waals surface area contributed by atoms with Gasteiger partial charge in [-0.05, 0) is 0 Å². The summed E-state index contributed by atoms with van der Waals surface area (Å²) in [6.45, 7) is 1.08. The molecule has 1 heterocycles. The van der Waals surface area contributed by atoms with Gasteiger partial charge in [-0.15, -0.1) is 0 Å². The number of thiol groups is 1. The van der Waals surface area contributed by atoms with E-state index in [-0.39, 0.29) is 17.8 Å². The molecule has 9 heavy (non-hydrogen) atoms. The van der Waals surface area contributed by atoms with Crippen LogP contribution in [0.1, 0.15) is 0 Å². The van der Waals surface area contributed by atoms with Crippen LogP contribution in [0.2, 0.25) is 0 Å². The van der Waals surface area contributed by atoms with Gasteiger partial charge in [0, 0.05) is 0 Å². The van der Waals surface area contributed by atoms with E-state index in [4.69, 9.17) is 9.47 Å². The molecule has 1 rings (SSSR count). The Morgan fingerprint density at radius 2 is 2.44 bits per heavy atom. The van der Waals surface area contributed by atoms with E-state index < -0.39 is 0 Å². The third-order valence-electron chi connectivity index (χ3n) is 1.03. The lowest BCUT2D eigenvalue weighted by molar-refractivity contribution is -0.168. The first-order chi connectivity index (χ1) is 4.33. The molecule has 0 atom stereocenters. The van der Waals surface area contributed by atoms with Gasteiger partial charge < -0.3 is 9.47 Å². The predicted molar refractivity (Wildman–Crippen MR) is 34.6 cm³/mol. The molecule has 0 aromatic heterocycles. The molecule has 1 aliphatic heterocycles. The maximum atomic E-state index is 10.5. The molecule has 0 amide bonds. The lowest BCUT2D eigenvalue weighted by Gasteiger charge is -2.25. The second-order valence-electron chi connectivity index (χ2n) is 1.81. The molecule has 0 bridgehead atoms. The zero-order chi connectivity index (χ0) is 6.69. The van der Waals surface area contributed by atoms with Crippen molar-refractivity contribution in [3.05, 3.63) is 0 Å². The Kier molecular flexibility index (Phi) is 2.36. The maximum Gasteiger partial charge on any atom is 0.316 e. The second kappa shape index (κ2) is 3.08. The third-order valence-corrected chi connectivity index (χ3v) is 1.29. The van der Waals surface area contributed by atoms with Crippen molar-refractivity contribution in [2.45, 2.75) is 6.10 Å². The Morgan fingerprint density at radius 1 is 1.78 bits per heavy atom. The summed E-state index contributed by atoms with van der Waals surface area (Å²) in [5.41, 5.74) is 0. The molecule has 1 fully saturated rings. The van der Waals surface area contributed by atoms with E-state index in [0.717, 1.165) is 0 Å². The van der Waals surface area contributed by atoms with E-state index in [2.05, 4.69) is 12.6 Å². The summed E-state index contributed by atoms with van der Waals surface area (Å²) in [6.07, 6.45) is -0.00958. The van der Waals surface area contributed by atoms with Gasteiger partial charge in [0.05, 0.1) is 19.0 Å². The number of carbonyl (C=O) groups excluding carboxylic acids is 1. The number of rotatable bonds is 2. The average Bonchev–Trinajstić information content (AvgIpc) is 1.78. The number of ether oxygens (including phenoxy) is 2. The van der Waals surface area contributed by atoms with E-state index in [1.54, 1.807) is 0 Å². The molecule has 1 aliphatic rings. The molecule has 4 heteroatoms. The summed E-state index contributed by atoms with van der Waals surface area (Å²) >= 11 is 3.74. The first kappa shape index (κ1) is 6.89. The fourth-order valence-corrected chi connectivity index (χ4v) is 0.580. The Labute approximate surface area is 58.7 Å². The molecule has 0 unspecified atom stereocenters. The highest BCUT2D eigenvalue weighted by Crippen LogP contribution is 2.05. The van der Waals surface area contributed by atoms with E-state index in [1.807, 2.05) is 0 Å². The van der Waals surface area contributed by atoms with E-state index in [9.17, 15) is 4.79 Å². The molecule has 1 saturated heterocycles. The molecule has 0 radical (unpaired) electrons. The van der Waals surface area contributed by atoms with Crippen LogP contribution in [0.3, 0.4) is 0 Å². The molecular formula is C5H8O3S. The van der Waals surface area contributed by atoms with Crippen LogP contribution >= 0.6 is 12.6 Å². The van der Waals surface area contributed by atoms with Gasteiger partial charge in [0.1, 0.15) is 6.10 Å². The average molecular weight is 148 g/mol. The Balaban J connectivity index is 2.09. The lowest BCUT2D eigenvalue weighted by Crippen LogP contribution is -2.38. The summed E-state index contributed by atoms with van der Waals surface area (Å²) in [5.74, 6) is -0.122. The summed E-state index contributed by atoms with van der Waals surface area (Å²) < 4.78 is 9.57. The second-order valence-corrected chi connectivity index (χ2v) is 2.12. The smallest absolute Gasteiger partial charge is 0.316 e. The Hall–Kier alpha value is -0.220. The van der Waals surface area contributed by atoms with Gasteiger partial charge in [0.15, 0.2) is 0 Å². The van der Waals surface area contributed by atoms with Crippen LogP contribution in [-0.2, 0) is 14.3 Å². The zero-order valence-electron chi connectivity index (χ0n) is 4.87. The molecule has 0 aliphatic carbocycles. The molecule has 0 aromatic rings. The number of esters is 1. The van der Waals surface area contributed by atoms with Crippen molar-refractivity contribution in [2.75, 3.05) is 19.0 Å². The quantitative estimate of drug-likeness (QED) is 0.437. The highest BCUT2D eigenvalue weighted by Gasteiger charge is 2.21. The summed E-state index contributed by atoms with van der Waals surface area (Å²) in [7, 11) is 0. The van der Waals surface area contributed by atoms with E-state index in [0.29, 0.717) is 13.2 Å². The highest BCUT2D eigenvalue weighted by molar-refractivity contribution is 7.81. The SMILES string of the molecule is O=C(CS)OC1COC1.